The summed E-state index contributed by atoms with van der Waals surface area (Å²) in [4.78, 5) is 23.2. The predicted molar refractivity (Wildman–Crippen MR) is 113 cm³/mol. The van der Waals surface area contributed by atoms with Gasteiger partial charge in [0.25, 0.3) is 0 Å². The van der Waals surface area contributed by atoms with Gasteiger partial charge < -0.3 is 10.4 Å². The first kappa shape index (κ1) is 19.8. The highest BCUT2D eigenvalue weighted by Crippen LogP contribution is 2.37. The van der Waals surface area contributed by atoms with Crippen molar-refractivity contribution in [3.8, 4) is 22.4 Å². The largest absolute Gasteiger partial charge is 0.478 e. The summed E-state index contributed by atoms with van der Waals surface area (Å²) >= 11 is 0. The summed E-state index contributed by atoms with van der Waals surface area (Å²) in [6, 6.07) is 15.1. The number of benzene rings is 2. The topological polar surface area (TPSA) is 97.1 Å². The molecule has 2 aromatic carbocycles. The zero-order chi connectivity index (χ0) is 21.1. The zero-order valence-electron chi connectivity index (χ0n) is 16.8. The third-order valence-electron chi connectivity index (χ3n) is 5.69. The SMILES string of the molecule is CCNC(=O)C1CC[C@@H](n2nncc2-c2ccc(-c3ccc(C(=O)O)cc3)cc2)C1. The number of aromatic nitrogens is 3. The van der Waals surface area contributed by atoms with Gasteiger partial charge in [-0.3, -0.25) is 4.79 Å². The van der Waals surface area contributed by atoms with Gasteiger partial charge >= 0.3 is 5.97 Å². The minimum atomic E-state index is -0.931. The summed E-state index contributed by atoms with van der Waals surface area (Å²) in [6.45, 7) is 2.59. The highest BCUT2D eigenvalue weighted by Gasteiger charge is 2.32. The second-order valence-electron chi connectivity index (χ2n) is 7.58. The molecule has 1 unspecified atom stereocenters. The van der Waals surface area contributed by atoms with E-state index in [0.717, 1.165) is 41.6 Å². The number of carbonyl (C=O) groups is 2. The van der Waals surface area contributed by atoms with Crippen LogP contribution in [0.1, 0.15) is 42.6 Å². The molecule has 2 atom stereocenters. The molecule has 2 N–H and O–H groups in total. The average Bonchev–Trinajstić information content (AvgIpc) is 3.44. The molecule has 1 aliphatic carbocycles. The first-order valence-corrected chi connectivity index (χ1v) is 10.2. The van der Waals surface area contributed by atoms with Crippen molar-refractivity contribution >= 4 is 11.9 Å². The van der Waals surface area contributed by atoms with E-state index in [0.29, 0.717) is 6.54 Å². The van der Waals surface area contributed by atoms with Gasteiger partial charge in [-0.05, 0) is 49.4 Å². The van der Waals surface area contributed by atoms with E-state index in [-0.39, 0.29) is 23.4 Å². The third-order valence-corrected chi connectivity index (χ3v) is 5.69. The first-order chi connectivity index (χ1) is 14.6. The molecule has 4 rings (SSSR count). The van der Waals surface area contributed by atoms with Crippen molar-refractivity contribution in [3.05, 3.63) is 60.3 Å². The van der Waals surface area contributed by atoms with Crippen LogP contribution < -0.4 is 5.32 Å². The van der Waals surface area contributed by atoms with Crippen LogP contribution in [0.15, 0.2) is 54.7 Å². The fraction of sp³-hybridized carbons (Fsp3) is 0.304. The summed E-state index contributed by atoms with van der Waals surface area (Å²) in [7, 11) is 0. The number of hydrogen-bond acceptors (Lipinski definition) is 4. The van der Waals surface area contributed by atoms with E-state index < -0.39 is 5.97 Å². The Morgan fingerprint density at radius 3 is 2.30 bits per heavy atom. The maximum atomic E-state index is 12.2. The Morgan fingerprint density at radius 2 is 1.67 bits per heavy atom. The third kappa shape index (κ3) is 3.96. The number of carboxylic acid groups (broad SMARTS) is 1. The van der Waals surface area contributed by atoms with Gasteiger partial charge in [-0.2, -0.15) is 0 Å². The van der Waals surface area contributed by atoms with Gasteiger partial charge in [0.05, 0.1) is 23.5 Å². The van der Waals surface area contributed by atoms with Gasteiger partial charge in [0, 0.05) is 18.0 Å². The molecule has 1 aromatic heterocycles. The second-order valence-corrected chi connectivity index (χ2v) is 7.58. The number of nitrogens with one attached hydrogen (secondary N) is 1. The lowest BCUT2D eigenvalue weighted by molar-refractivity contribution is -0.124. The molecule has 0 bridgehead atoms. The molecule has 7 nitrogen and oxygen atoms in total. The molecule has 1 fully saturated rings. The fourth-order valence-electron chi connectivity index (χ4n) is 4.10. The van der Waals surface area contributed by atoms with Crippen molar-refractivity contribution in [1.29, 1.82) is 0 Å². The minimum absolute atomic E-state index is 0.0307. The molecule has 0 radical (unpaired) electrons. The average molecular weight is 404 g/mol. The van der Waals surface area contributed by atoms with Gasteiger partial charge in [-0.15, -0.1) is 5.10 Å². The summed E-state index contributed by atoms with van der Waals surface area (Å²) in [5, 5.41) is 20.4. The quantitative estimate of drug-likeness (QED) is 0.652. The molecule has 0 saturated heterocycles. The maximum Gasteiger partial charge on any atom is 0.335 e. The van der Waals surface area contributed by atoms with Gasteiger partial charge in [-0.1, -0.05) is 41.6 Å². The van der Waals surface area contributed by atoms with Gasteiger partial charge in [-0.25, -0.2) is 9.48 Å². The Hall–Kier alpha value is -3.48. The Bertz CT molecular complexity index is 1040. The van der Waals surface area contributed by atoms with E-state index in [9.17, 15) is 9.59 Å². The summed E-state index contributed by atoms with van der Waals surface area (Å²) in [5.41, 5.74) is 4.18. The number of nitrogens with zero attached hydrogens (tertiary/aromatic N) is 3. The standard InChI is InChI=1S/C23H24N4O3/c1-2-24-22(28)19-11-12-20(13-19)27-21(14-25-26-27)17-7-3-15(4-8-17)16-5-9-18(10-6-16)23(29)30/h3-10,14,19-20H,2,11-13H2,1H3,(H,24,28)(H,29,30)/t19?,20-/m1/s1. The molecule has 0 aliphatic heterocycles. The van der Waals surface area contributed by atoms with E-state index in [2.05, 4.69) is 15.6 Å². The number of hydrogen-bond donors (Lipinski definition) is 2. The predicted octanol–water partition coefficient (Wildman–Crippen LogP) is 3.79. The van der Waals surface area contributed by atoms with E-state index in [4.69, 9.17) is 5.11 Å². The molecule has 3 aromatic rings. The number of rotatable bonds is 6. The van der Waals surface area contributed by atoms with Gasteiger partial charge in [0.15, 0.2) is 0 Å². The van der Waals surface area contributed by atoms with Crippen LogP contribution in [0, 0.1) is 5.92 Å². The zero-order valence-corrected chi connectivity index (χ0v) is 16.8. The van der Waals surface area contributed by atoms with Crippen LogP contribution >= 0.6 is 0 Å². The van der Waals surface area contributed by atoms with Crippen LogP contribution in [0.25, 0.3) is 22.4 Å². The van der Waals surface area contributed by atoms with Crippen LogP contribution in [-0.4, -0.2) is 38.5 Å². The molecule has 1 saturated carbocycles. The Balaban J connectivity index is 1.52. The van der Waals surface area contributed by atoms with Crippen LogP contribution in [0.3, 0.4) is 0 Å². The Morgan fingerprint density at radius 1 is 1.03 bits per heavy atom. The lowest BCUT2D eigenvalue weighted by Gasteiger charge is -2.14. The van der Waals surface area contributed by atoms with Crippen molar-refractivity contribution in [2.75, 3.05) is 6.54 Å². The molecule has 30 heavy (non-hydrogen) atoms. The van der Waals surface area contributed by atoms with Crippen molar-refractivity contribution < 1.29 is 14.7 Å². The molecule has 1 amide bonds. The molecular weight excluding hydrogens is 380 g/mol. The van der Waals surface area contributed by atoms with Gasteiger partial charge in [0.1, 0.15) is 0 Å². The van der Waals surface area contributed by atoms with Crippen LogP contribution in [0.2, 0.25) is 0 Å². The molecule has 1 heterocycles. The second kappa shape index (κ2) is 8.49. The van der Waals surface area contributed by atoms with Crippen LogP contribution in [-0.2, 0) is 4.79 Å². The van der Waals surface area contributed by atoms with Crippen LogP contribution in [0.4, 0.5) is 0 Å². The highest BCUT2D eigenvalue weighted by atomic mass is 16.4. The van der Waals surface area contributed by atoms with E-state index in [1.54, 1.807) is 18.3 Å². The van der Waals surface area contributed by atoms with Crippen molar-refractivity contribution in [2.24, 2.45) is 5.92 Å². The fourth-order valence-corrected chi connectivity index (χ4v) is 4.10. The monoisotopic (exact) mass is 404 g/mol. The minimum Gasteiger partial charge on any atom is -0.478 e. The summed E-state index contributed by atoms with van der Waals surface area (Å²) in [6.07, 6.45) is 4.31. The Labute approximate surface area is 174 Å². The highest BCUT2D eigenvalue weighted by molar-refractivity contribution is 5.88. The van der Waals surface area contributed by atoms with E-state index >= 15 is 0 Å². The summed E-state index contributed by atoms with van der Waals surface area (Å²) < 4.78 is 1.94. The Kier molecular flexibility index (Phi) is 5.61. The molecule has 154 valence electrons. The van der Waals surface area contributed by atoms with Crippen molar-refractivity contribution in [1.82, 2.24) is 20.3 Å². The normalized spacial score (nSPS) is 18.3. The van der Waals surface area contributed by atoms with Crippen LogP contribution in [0.5, 0.6) is 0 Å². The molecular formula is C23H24N4O3. The summed E-state index contributed by atoms with van der Waals surface area (Å²) in [5.74, 6) is -0.776. The van der Waals surface area contributed by atoms with Gasteiger partial charge in [0.2, 0.25) is 5.91 Å². The lowest BCUT2D eigenvalue weighted by atomic mass is 10.0. The lowest BCUT2D eigenvalue weighted by Crippen LogP contribution is -2.29. The molecule has 0 spiro atoms. The number of aromatic carboxylic acids is 1. The van der Waals surface area contributed by atoms with E-state index in [1.165, 1.54) is 0 Å². The van der Waals surface area contributed by atoms with Crippen molar-refractivity contribution in [2.45, 2.75) is 32.2 Å². The maximum absolute atomic E-state index is 12.2. The molecule has 1 aliphatic rings. The van der Waals surface area contributed by atoms with E-state index in [1.807, 2.05) is 48.0 Å². The smallest absolute Gasteiger partial charge is 0.335 e. The van der Waals surface area contributed by atoms with Crippen molar-refractivity contribution in [3.63, 3.8) is 0 Å². The molecule has 7 heteroatoms. The number of carboxylic acids is 1. The first-order valence-electron chi connectivity index (χ1n) is 10.2. The number of carbonyl (C=O) groups excluding carboxylic acids is 1. The number of amides is 1.